The summed E-state index contributed by atoms with van der Waals surface area (Å²) in [5, 5.41) is 3.23. The third kappa shape index (κ3) is 1.05. The first-order valence-electron chi connectivity index (χ1n) is 6.67. The van der Waals surface area contributed by atoms with Crippen molar-refractivity contribution in [2.75, 3.05) is 13.2 Å². The van der Waals surface area contributed by atoms with Crippen molar-refractivity contribution < 1.29 is 9.53 Å². The number of amides is 1. The SMILES string of the molecule is O=C(NC1CCOC1)C12CC3CC1CC3C2. The number of carbonyl (C=O) groups is 1. The van der Waals surface area contributed by atoms with E-state index < -0.39 is 0 Å². The molecule has 4 bridgehead atoms. The Bertz CT molecular complexity index is 321. The minimum Gasteiger partial charge on any atom is -0.379 e. The van der Waals surface area contributed by atoms with Gasteiger partial charge < -0.3 is 10.1 Å². The van der Waals surface area contributed by atoms with E-state index in [1.807, 2.05) is 0 Å². The Kier molecular flexibility index (Phi) is 1.78. The molecule has 1 amide bonds. The molecule has 88 valence electrons. The molecule has 1 heterocycles. The third-order valence-electron chi connectivity index (χ3n) is 5.59. The van der Waals surface area contributed by atoms with E-state index >= 15 is 0 Å². The van der Waals surface area contributed by atoms with Crippen molar-refractivity contribution in [2.24, 2.45) is 23.2 Å². The molecule has 4 saturated carbocycles. The molecule has 0 radical (unpaired) electrons. The van der Waals surface area contributed by atoms with Crippen molar-refractivity contribution in [2.45, 2.75) is 38.1 Å². The zero-order chi connectivity index (χ0) is 10.8. The molecule has 5 aliphatic rings. The Morgan fingerprint density at radius 2 is 2.00 bits per heavy atom. The molecule has 1 saturated heterocycles. The van der Waals surface area contributed by atoms with Gasteiger partial charge in [0.2, 0.25) is 5.91 Å². The van der Waals surface area contributed by atoms with Crippen LogP contribution in [0.3, 0.4) is 0 Å². The fourth-order valence-corrected chi connectivity index (χ4v) is 4.86. The first kappa shape index (κ1) is 9.46. The van der Waals surface area contributed by atoms with Crippen molar-refractivity contribution >= 4 is 5.91 Å². The van der Waals surface area contributed by atoms with Crippen LogP contribution < -0.4 is 5.32 Å². The average Bonchev–Trinajstić information content (AvgIpc) is 2.99. The van der Waals surface area contributed by atoms with E-state index in [9.17, 15) is 4.79 Å². The molecule has 3 unspecified atom stereocenters. The zero-order valence-electron chi connectivity index (χ0n) is 9.58. The van der Waals surface area contributed by atoms with Crippen LogP contribution >= 0.6 is 0 Å². The molecule has 3 heteroatoms. The molecule has 0 aromatic carbocycles. The van der Waals surface area contributed by atoms with Gasteiger partial charge in [0.15, 0.2) is 0 Å². The van der Waals surface area contributed by atoms with E-state index in [0.29, 0.717) is 17.9 Å². The highest BCUT2D eigenvalue weighted by molar-refractivity contribution is 5.85. The third-order valence-corrected chi connectivity index (χ3v) is 5.59. The minimum atomic E-state index is 0.0535. The van der Waals surface area contributed by atoms with Crippen molar-refractivity contribution in [3.8, 4) is 0 Å². The summed E-state index contributed by atoms with van der Waals surface area (Å²) < 4.78 is 5.32. The van der Waals surface area contributed by atoms with Crippen molar-refractivity contribution in [1.29, 1.82) is 0 Å². The van der Waals surface area contributed by atoms with Gasteiger partial charge in [-0.2, -0.15) is 0 Å². The molecular formula is C13H19NO2. The van der Waals surface area contributed by atoms with Crippen LogP contribution in [0, 0.1) is 23.2 Å². The summed E-state index contributed by atoms with van der Waals surface area (Å²) >= 11 is 0. The Balaban J connectivity index is 1.51. The van der Waals surface area contributed by atoms with Crippen molar-refractivity contribution in [1.82, 2.24) is 5.32 Å². The molecule has 0 aromatic rings. The van der Waals surface area contributed by atoms with Gasteiger partial charge in [-0.1, -0.05) is 0 Å². The topological polar surface area (TPSA) is 38.3 Å². The summed E-state index contributed by atoms with van der Waals surface area (Å²) in [4.78, 5) is 12.5. The standard InChI is InChI=1S/C13H19NO2/c15-12(14-11-1-2-16-7-11)13-5-8-3-10(13)4-9(8)6-13/h8-11H,1-7H2,(H,14,15). The van der Waals surface area contributed by atoms with Gasteiger partial charge >= 0.3 is 0 Å². The summed E-state index contributed by atoms with van der Waals surface area (Å²) in [7, 11) is 0. The van der Waals surface area contributed by atoms with Crippen molar-refractivity contribution in [3.63, 3.8) is 0 Å². The highest BCUT2D eigenvalue weighted by atomic mass is 16.5. The number of hydrogen-bond donors (Lipinski definition) is 1. The predicted molar refractivity (Wildman–Crippen MR) is 58.7 cm³/mol. The highest BCUT2D eigenvalue weighted by Crippen LogP contribution is 2.70. The lowest BCUT2D eigenvalue weighted by Crippen LogP contribution is -2.45. The largest absolute Gasteiger partial charge is 0.379 e. The van der Waals surface area contributed by atoms with Gasteiger partial charge in [0, 0.05) is 6.61 Å². The summed E-state index contributed by atoms with van der Waals surface area (Å²) in [5.74, 6) is 2.84. The Labute approximate surface area is 95.9 Å². The lowest BCUT2D eigenvalue weighted by atomic mass is 9.79. The van der Waals surface area contributed by atoms with Crippen LogP contribution in [0.2, 0.25) is 0 Å². The van der Waals surface area contributed by atoms with E-state index in [2.05, 4.69) is 5.32 Å². The molecule has 5 fully saturated rings. The minimum absolute atomic E-state index is 0.0535. The summed E-state index contributed by atoms with van der Waals surface area (Å²) in [6.07, 6.45) is 6.03. The summed E-state index contributed by atoms with van der Waals surface area (Å²) in [6.45, 7) is 1.53. The van der Waals surface area contributed by atoms with Crippen molar-refractivity contribution in [3.05, 3.63) is 0 Å². The second-order valence-corrected chi connectivity index (χ2v) is 6.29. The van der Waals surface area contributed by atoms with Crippen LogP contribution in [0.25, 0.3) is 0 Å². The monoisotopic (exact) mass is 221 g/mol. The van der Waals surface area contributed by atoms with Gasteiger partial charge in [-0.3, -0.25) is 4.79 Å². The Morgan fingerprint density at radius 3 is 2.50 bits per heavy atom. The van der Waals surface area contributed by atoms with Gasteiger partial charge in [-0.05, 0) is 49.9 Å². The normalized spacial score (nSPS) is 52.8. The van der Waals surface area contributed by atoms with E-state index in [4.69, 9.17) is 4.74 Å². The Morgan fingerprint density at radius 1 is 1.25 bits per heavy atom. The molecule has 1 aliphatic heterocycles. The van der Waals surface area contributed by atoms with E-state index in [-0.39, 0.29) is 5.41 Å². The number of hydrogen-bond acceptors (Lipinski definition) is 2. The predicted octanol–water partition coefficient (Wildman–Crippen LogP) is 1.33. The molecule has 3 nitrogen and oxygen atoms in total. The van der Waals surface area contributed by atoms with Gasteiger partial charge in [-0.15, -0.1) is 0 Å². The van der Waals surface area contributed by atoms with Crippen LogP contribution in [0.5, 0.6) is 0 Å². The summed E-state index contributed by atoms with van der Waals surface area (Å²) in [6, 6.07) is 0.290. The van der Waals surface area contributed by atoms with Crippen LogP contribution in [0.1, 0.15) is 32.1 Å². The van der Waals surface area contributed by atoms with Gasteiger partial charge in [0.05, 0.1) is 18.1 Å². The summed E-state index contributed by atoms with van der Waals surface area (Å²) in [5.41, 5.74) is 0.0535. The van der Waals surface area contributed by atoms with Crippen LogP contribution in [0.4, 0.5) is 0 Å². The van der Waals surface area contributed by atoms with Crippen LogP contribution in [-0.4, -0.2) is 25.2 Å². The first-order valence-corrected chi connectivity index (χ1v) is 6.67. The van der Waals surface area contributed by atoms with E-state index in [1.165, 1.54) is 25.7 Å². The maximum atomic E-state index is 12.5. The second kappa shape index (κ2) is 3.00. The second-order valence-electron chi connectivity index (χ2n) is 6.29. The molecule has 0 aromatic heterocycles. The van der Waals surface area contributed by atoms with Crippen LogP contribution in [-0.2, 0) is 9.53 Å². The van der Waals surface area contributed by atoms with Crippen LogP contribution in [0.15, 0.2) is 0 Å². The zero-order valence-corrected chi connectivity index (χ0v) is 9.58. The fourth-order valence-electron chi connectivity index (χ4n) is 4.86. The van der Waals surface area contributed by atoms with E-state index in [0.717, 1.165) is 31.5 Å². The lowest BCUT2D eigenvalue weighted by molar-refractivity contribution is -0.132. The molecule has 4 aliphatic carbocycles. The van der Waals surface area contributed by atoms with Gasteiger partial charge in [0.25, 0.3) is 0 Å². The molecule has 5 rings (SSSR count). The quantitative estimate of drug-likeness (QED) is 0.764. The average molecular weight is 221 g/mol. The number of rotatable bonds is 2. The van der Waals surface area contributed by atoms with Gasteiger partial charge in [0.1, 0.15) is 0 Å². The fraction of sp³-hybridized carbons (Fsp3) is 0.923. The molecular weight excluding hydrogens is 202 g/mol. The molecule has 3 atom stereocenters. The maximum absolute atomic E-state index is 12.5. The number of carbonyl (C=O) groups excluding carboxylic acids is 1. The molecule has 1 N–H and O–H groups in total. The Hall–Kier alpha value is -0.570. The maximum Gasteiger partial charge on any atom is 0.226 e. The molecule has 0 spiro atoms. The number of ether oxygens (including phenoxy) is 1. The number of nitrogens with one attached hydrogen (secondary N) is 1. The van der Waals surface area contributed by atoms with Gasteiger partial charge in [-0.25, -0.2) is 0 Å². The van der Waals surface area contributed by atoms with E-state index in [1.54, 1.807) is 0 Å². The molecule has 16 heavy (non-hydrogen) atoms. The first-order chi connectivity index (χ1) is 7.78. The smallest absolute Gasteiger partial charge is 0.226 e. The lowest BCUT2D eigenvalue weighted by Gasteiger charge is -2.28. The highest BCUT2D eigenvalue weighted by Gasteiger charge is 2.66.